The molecule has 0 unspecified atom stereocenters. The summed E-state index contributed by atoms with van der Waals surface area (Å²) in [5.74, 6) is 1.13. The molecule has 2 aliphatic heterocycles. The first-order chi connectivity index (χ1) is 17.9. The first kappa shape index (κ1) is 24.6. The van der Waals surface area contributed by atoms with E-state index in [0.717, 1.165) is 79.3 Å². The number of ether oxygens (including phenoxy) is 1. The molecule has 1 N–H and O–H groups in total. The van der Waals surface area contributed by atoms with E-state index in [1.54, 1.807) is 10.9 Å². The van der Waals surface area contributed by atoms with Crippen LogP contribution in [0.3, 0.4) is 0 Å². The lowest BCUT2D eigenvalue weighted by atomic mass is 9.98. The van der Waals surface area contributed by atoms with E-state index < -0.39 is 0 Å². The molecule has 1 saturated carbocycles. The molecule has 1 amide bonds. The number of hydrogen-bond donors (Lipinski definition) is 1. The van der Waals surface area contributed by atoms with Crippen molar-refractivity contribution >= 4 is 39.8 Å². The van der Waals surface area contributed by atoms with Gasteiger partial charge in [0, 0.05) is 75.0 Å². The second-order valence-electron chi connectivity index (χ2n) is 11.1. The summed E-state index contributed by atoms with van der Waals surface area (Å²) < 4.78 is 7.47. The molecule has 0 radical (unpaired) electrons. The topological polar surface area (TPSA) is 75.5 Å². The second-order valence-corrected chi connectivity index (χ2v) is 11.5. The Morgan fingerprint density at radius 3 is 2.68 bits per heavy atom. The first-order valence-electron chi connectivity index (χ1n) is 13.3. The van der Waals surface area contributed by atoms with E-state index >= 15 is 0 Å². The lowest BCUT2D eigenvalue weighted by Gasteiger charge is -2.44. The number of halogens is 1. The summed E-state index contributed by atoms with van der Waals surface area (Å²) in [7, 11) is 1.91. The number of rotatable bonds is 6. The number of nitrogens with one attached hydrogen (secondary N) is 1. The second kappa shape index (κ2) is 9.57. The molecule has 0 bridgehead atoms. The number of hydrogen-bond acceptors (Lipinski definition) is 6. The molecule has 3 fully saturated rings. The Bertz CT molecular complexity index is 1310. The van der Waals surface area contributed by atoms with Gasteiger partial charge in [0.15, 0.2) is 0 Å². The van der Waals surface area contributed by atoms with Crippen LogP contribution in [0, 0.1) is 11.8 Å². The summed E-state index contributed by atoms with van der Waals surface area (Å²) in [6.07, 6.45) is 7.74. The van der Waals surface area contributed by atoms with Crippen molar-refractivity contribution in [1.82, 2.24) is 19.7 Å². The summed E-state index contributed by atoms with van der Waals surface area (Å²) in [6.45, 7) is 9.94. The minimum Gasteiger partial charge on any atom is -0.379 e. The fourth-order valence-electron chi connectivity index (χ4n) is 6.37. The van der Waals surface area contributed by atoms with Crippen LogP contribution in [0.4, 0.5) is 11.5 Å². The Morgan fingerprint density at radius 2 is 2.00 bits per heavy atom. The van der Waals surface area contributed by atoms with Gasteiger partial charge in [-0.15, -0.1) is 0 Å². The Balaban J connectivity index is 1.16. The Hall–Kier alpha value is -2.68. The number of anilines is 2. The molecule has 4 atom stereocenters. The third-order valence-corrected chi connectivity index (χ3v) is 8.98. The highest BCUT2D eigenvalue weighted by Crippen LogP contribution is 2.56. The summed E-state index contributed by atoms with van der Waals surface area (Å²) in [4.78, 5) is 22.6. The Kier molecular flexibility index (Phi) is 6.37. The number of aryl methyl sites for hydroxylation is 1. The van der Waals surface area contributed by atoms with Crippen LogP contribution >= 0.6 is 11.6 Å². The summed E-state index contributed by atoms with van der Waals surface area (Å²) >= 11 is 6.73. The van der Waals surface area contributed by atoms with Crippen molar-refractivity contribution in [1.29, 1.82) is 0 Å². The smallest absolute Gasteiger partial charge is 0.229 e. The van der Waals surface area contributed by atoms with E-state index in [2.05, 4.69) is 45.1 Å². The van der Waals surface area contributed by atoms with Gasteiger partial charge in [0.1, 0.15) is 5.82 Å². The number of aromatic nitrogens is 3. The zero-order valence-corrected chi connectivity index (χ0v) is 22.5. The van der Waals surface area contributed by atoms with E-state index in [1.807, 2.05) is 31.6 Å². The third-order valence-electron chi connectivity index (χ3n) is 8.67. The maximum Gasteiger partial charge on any atom is 0.229 e. The Labute approximate surface area is 222 Å². The van der Waals surface area contributed by atoms with Gasteiger partial charge in [0.05, 0.1) is 23.5 Å². The number of benzene rings is 1. The molecule has 1 aliphatic carbocycles. The van der Waals surface area contributed by atoms with Crippen molar-refractivity contribution in [3.05, 3.63) is 47.4 Å². The molecule has 2 saturated heterocycles. The normalized spacial score (nSPS) is 28.1. The molecule has 9 heteroatoms. The van der Waals surface area contributed by atoms with Gasteiger partial charge in [-0.2, -0.15) is 5.10 Å². The fraction of sp³-hybridized carbons (Fsp3) is 0.536. The number of pyridine rings is 1. The van der Waals surface area contributed by atoms with E-state index in [0.29, 0.717) is 11.7 Å². The predicted octanol–water partition coefficient (Wildman–Crippen LogP) is 4.30. The van der Waals surface area contributed by atoms with E-state index in [9.17, 15) is 4.79 Å². The number of amides is 1. The van der Waals surface area contributed by atoms with Crippen molar-refractivity contribution in [3.63, 3.8) is 0 Å². The van der Waals surface area contributed by atoms with Crippen molar-refractivity contribution in [3.8, 4) is 0 Å². The summed E-state index contributed by atoms with van der Waals surface area (Å²) in [5, 5.41) is 10.1. The highest BCUT2D eigenvalue weighted by atomic mass is 35.5. The molecule has 3 aliphatic rings. The molecular formula is C28H35ClN6O2. The maximum absolute atomic E-state index is 13.2. The minimum absolute atomic E-state index is 0.0299. The number of carbonyl (C=O) groups is 1. The lowest BCUT2D eigenvalue weighted by Crippen LogP contribution is -2.56. The molecule has 0 spiro atoms. The molecule has 6 rings (SSSR count). The fourth-order valence-corrected chi connectivity index (χ4v) is 6.66. The zero-order valence-electron chi connectivity index (χ0n) is 21.8. The van der Waals surface area contributed by atoms with Crippen molar-refractivity contribution in [2.24, 2.45) is 18.9 Å². The average Bonchev–Trinajstić information content (AvgIpc) is 3.18. The standard InChI is InChI=1S/C28H35ClN6O2/c1-4-21-25(20-15-31-33(3)16-20)26(21)27(36)32-24-13-18-12-23(22(29)11-19(18)14-30-24)34-6-8-35(9-7-34)28(2)5-10-37-17-28/h11-16,21,25-26H,4-10,17H2,1-3H3,(H,30,32,36)/t21-,25+,26+,28-/m0/s1. The van der Waals surface area contributed by atoms with Gasteiger partial charge in [0.25, 0.3) is 0 Å². The van der Waals surface area contributed by atoms with Crippen LogP contribution in [-0.2, 0) is 16.6 Å². The summed E-state index contributed by atoms with van der Waals surface area (Å²) in [5.41, 5.74) is 2.32. The highest BCUT2D eigenvalue weighted by molar-refractivity contribution is 6.34. The van der Waals surface area contributed by atoms with Crippen LogP contribution in [-0.4, -0.2) is 70.5 Å². The van der Waals surface area contributed by atoms with Crippen molar-refractivity contribution in [2.75, 3.05) is 49.6 Å². The number of nitrogens with zero attached hydrogens (tertiary/aromatic N) is 5. The molecule has 37 heavy (non-hydrogen) atoms. The van der Waals surface area contributed by atoms with Crippen LogP contribution in [0.25, 0.3) is 10.8 Å². The summed E-state index contributed by atoms with van der Waals surface area (Å²) in [6, 6.07) is 6.08. The van der Waals surface area contributed by atoms with Gasteiger partial charge in [-0.3, -0.25) is 14.4 Å². The Morgan fingerprint density at radius 1 is 1.19 bits per heavy atom. The molecule has 2 aromatic heterocycles. The monoisotopic (exact) mass is 522 g/mol. The van der Waals surface area contributed by atoms with Gasteiger partial charge >= 0.3 is 0 Å². The molecular weight excluding hydrogens is 488 g/mol. The van der Waals surface area contributed by atoms with Gasteiger partial charge in [-0.1, -0.05) is 24.9 Å². The quantitative estimate of drug-likeness (QED) is 0.520. The molecule has 1 aromatic carbocycles. The van der Waals surface area contributed by atoms with Crippen LogP contribution in [0.15, 0.2) is 36.8 Å². The van der Waals surface area contributed by atoms with Crippen molar-refractivity contribution in [2.45, 2.75) is 38.1 Å². The highest BCUT2D eigenvalue weighted by Gasteiger charge is 2.54. The minimum atomic E-state index is -0.0455. The molecule has 196 valence electrons. The largest absolute Gasteiger partial charge is 0.379 e. The number of carbonyl (C=O) groups excluding carboxylic acids is 1. The van der Waals surface area contributed by atoms with Gasteiger partial charge < -0.3 is 15.0 Å². The van der Waals surface area contributed by atoms with Crippen LogP contribution in [0.2, 0.25) is 5.02 Å². The first-order valence-corrected chi connectivity index (χ1v) is 13.7. The predicted molar refractivity (Wildman–Crippen MR) is 146 cm³/mol. The van der Waals surface area contributed by atoms with Gasteiger partial charge in [-0.05, 0) is 48.4 Å². The van der Waals surface area contributed by atoms with E-state index in [-0.39, 0.29) is 23.3 Å². The number of piperazine rings is 1. The SMILES string of the molecule is CC[C@@H]1[C@@H](C(=O)Nc2cc3cc(N4CCN([C@@]5(C)CCOC5)CC4)c(Cl)cc3cn2)[C@@H]1c1cnn(C)c1. The van der Waals surface area contributed by atoms with Crippen LogP contribution < -0.4 is 10.2 Å². The maximum atomic E-state index is 13.2. The molecule has 4 heterocycles. The van der Waals surface area contributed by atoms with E-state index in [1.165, 1.54) is 0 Å². The average molecular weight is 523 g/mol. The zero-order chi connectivity index (χ0) is 25.7. The van der Waals surface area contributed by atoms with Gasteiger partial charge in [0.2, 0.25) is 5.91 Å². The van der Waals surface area contributed by atoms with Crippen LogP contribution in [0.5, 0.6) is 0 Å². The molecule has 3 aromatic rings. The molecule has 8 nitrogen and oxygen atoms in total. The van der Waals surface area contributed by atoms with Crippen LogP contribution in [0.1, 0.15) is 38.2 Å². The lowest BCUT2D eigenvalue weighted by molar-refractivity contribution is -0.117. The van der Waals surface area contributed by atoms with E-state index in [4.69, 9.17) is 16.3 Å². The third kappa shape index (κ3) is 4.60. The van der Waals surface area contributed by atoms with Gasteiger partial charge in [-0.25, -0.2) is 4.98 Å². The number of fused-ring (bicyclic) bond motifs is 1. The van der Waals surface area contributed by atoms with Crippen molar-refractivity contribution < 1.29 is 9.53 Å².